The second-order valence-corrected chi connectivity index (χ2v) is 20.3. The zero-order chi connectivity index (χ0) is 46.9. The highest BCUT2D eigenvalue weighted by Crippen LogP contribution is 2.43. The number of hydrogen-bond donors (Lipinski definition) is 1. The van der Waals surface area contributed by atoms with Crippen LogP contribution >= 0.6 is 7.82 Å². The monoisotopic (exact) mass is 921 g/mol. The lowest BCUT2D eigenvalue weighted by molar-refractivity contribution is -0.870. The Kier molecular flexibility index (Phi) is 46.3. The number of hydrogen-bond acceptors (Lipinski definition) is 6. The van der Waals surface area contributed by atoms with E-state index in [9.17, 15) is 14.3 Å². The van der Waals surface area contributed by atoms with Crippen LogP contribution in [-0.4, -0.2) is 75.6 Å². The molecule has 0 rings (SSSR count). The standard InChI is InChI=1S/C55H102NO7P/c1-6-8-10-12-14-16-18-20-22-24-26-27-28-29-31-33-35-37-39-41-43-45-47-50-60-52-54(53-62-64(58,59)61-51-49-56(3,4)5)63-55(57)48-46-44-42-40-38-36-34-32-30-25-23-21-19-17-15-13-11-9-7-2/h9,11,15,17,21,23,30,32,36,38,54H,6-8,10,12-14,16,18-20,22,24-29,31,33-35,37,39-53H2,1-5H3/p+1/b11-9-,17-15-,23-21-,32-30-,38-36-. The number of carbonyl (C=O) groups is 1. The smallest absolute Gasteiger partial charge is 0.457 e. The molecule has 1 N–H and O–H groups in total. The first kappa shape index (κ1) is 62.2. The van der Waals surface area contributed by atoms with Crippen molar-refractivity contribution in [2.75, 3.05) is 54.1 Å². The average Bonchev–Trinajstić information content (AvgIpc) is 3.25. The number of nitrogens with zero attached hydrogens (tertiary/aromatic N) is 1. The summed E-state index contributed by atoms with van der Waals surface area (Å²) in [4.78, 5) is 23.0. The van der Waals surface area contributed by atoms with E-state index in [1.54, 1.807) is 0 Å². The van der Waals surface area contributed by atoms with Crippen molar-refractivity contribution < 1.29 is 37.3 Å². The van der Waals surface area contributed by atoms with E-state index in [0.29, 0.717) is 24.1 Å². The molecule has 0 heterocycles. The molecule has 0 aliphatic rings. The van der Waals surface area contributed by atoms with E-state index in [1.807, 2.05) is 21.1 Å². The van der Waals surface area contributed by atoms with Crippen LogP contribution in [-0.2, 0) is 27.9 Å². The van der Waals surface area contributed by atoms with Crippen LogP contribution in [0.25, 0.3) is 0 Å². The molecule has 0 aromatic heterocycles. The topological polar surface area (TPSA) is 91.3 Å². The van der Waals surface area contributed by atoms with Gasteiger partial charge in [0.2, 0.25) is 0 Å². The van der Waals surface area contributed by atoms with Crippen molar-refractivity contribution in [1.29, 1.82) is 0 Å². The Morgan fingerprint density at radius 3 is 1.34 bits per heavy atom. The fraction of sp³-hybridized carbons (Fsp3) is 0.800. The second kappa shape index (κ2) is 47.7. The Morgan fingerprint density at radius 2 is 0.906 bits per heavy atom. The van der Waals surface area contributed by atoms with Gasteiger partial charge in [-0.05, 0) is 57.8 Å². The molecule has 374 valence electrons. The minimum absolute atomic E-state index is 0.0807. The third-order valence-electron chi connectivity index (χ3n) is 11.3. The maximum Gasteiger partial charge on any atom is 0.472 e. The number of quaternary nitrogens is 1. The minimum atomic E-state index is -4.29. The van der Waals surface area contributed by atoms with Crippen LogP contribution in [0.4, 0.5) is 0 Å². The van der Waals surface area contributed by atoms with Gasteiger partial charge in [-0.2, -0.15) is 0 Å². The summed E-state index contributed by atoms with van der Waals surface area (Å²) in [5.74, 6) is -0.342. The fourth-order valence-corrected chi connectivity index (χ4v) is 8.03. The van der Waals surface area contributed by atoms with Gasteiger partial charge < -0.3 is 18.9 Å². The van der Waals surface area contributed by atoms with E-state index in [4.69, 9.17) is 18.5 Å². The fourth-order valence-electron chi connectivity index (χ4n) is 7.29. The van der Waals surface area contributed by atoms with Crippen molar-refractivity contribution in [3.05, 3.63) is 60.8 Å². The third kappa shape index (κ3) is 51.2. The van der Waals surface area contributed by atoms with Gasteiger partial charge in [-0.3, -0.25) is 13.8 Å². The first-order valence-electron chi connectivity index (χ1n) is 26.5. The van der Waals surface area contributed by atoms with Gasteiger partial charge in [-0.1, -0.05) is 222 Å². The van der Waals surface area contributed by atoms with Crippen molar-refractivity contribution >= 4 is 13.8 Å². The van der Waals surface area contributed by atoms with Gasteiger partial charge in [0, 0.05) is 13.0 Å². The molecule has 0 aromatic rings. The number of carbonyl (C=O) groups excluding carboxylic acids is 1. The van der Waals surface area contributed by atoms with Gasteiger partial charge in [-0.25, -0.2) is 4.57 Å². The highest BCUT2D eigenvalue weighted by molar-refractivity contribution is 7.47. The van der Waals surface area contributed by atoms with Crippen LogP contribution in [0.1, 0.15) is 226 Å². The van der Waals surface area contributed by atoms with Gasteiger partial charge in [0.15, 0.2) is 0 Å². The van der Waals surface area contributed by atoms with Crippen LogP contribution in [0.3, 0.4) is 0 Å². The van der Waals surface area contributed by atoms with Gasteiger partial charge in [0.05, 0.1) is 34.4 Å². The molecular weight excluding hydrogens is 818 g/mol. The van der Waals surface area contributed by atoms with Gasteiger partial charge in [-0.15, -0.1) is 0 Å². The number of likely N-dealkylation sites (N-methyl/N-ethyl adjacent to an activating group) is 1. The molecule has 2 unspecified atom stereocenters. The zero-order valence-electron chi connectivity index (χ0n) is 42.5. The summed E-state index contributed by atoms with van der Waals surface area (Å²) in [5, 5.41) is 0. The first-order chi connectivity index (χ1) is 31.1. The molecule has 0 amide bonds. The van der Waals surface area contributed by atoms with Crippen molar-refractivity contribution in [3.8, 4) is 0 Å². The van der Waals surface area contributed by atoms with E-state index < -0.39 is 13.9 Å². The van der Waals surface area contributed by atoms with Crippen molar-refractivity contribution in [2.24, 2.45) is 0 Å². The summed E-state index contributed by atoms with van der Waals surface area (Å²) in [7, 11) is 1.65. The maximum atomic E-state index is 12.8. The summed E-state index contributed by atoms with van der Waals surface area (Å²) in [6.07, 6.45) is 61.4. The van der Waals surface area contributed by atoms with E-state index in [0.717, 1.165) is 70.6 Å². The average molecular weight is 921 g/mol. The molecule has 0 aromatic carbocycles. The predicted molar refractivity (Wildman–Crippen MR) is 275 cm³/mol. The summed E-state index contributed by atoms with van der Waals surface area (Å²) in [5.41, 5.74) is 0. The summed E-state index contributed by atoms with van der Waals surface area (Å²) >= 11 is 0. The molecule has 9 heteroatoms. The van der Waals surface area contributed by atoms with Crippen LogP contribution < -0.4 is 0 Å². The minimum Gasteiger partial charge on any atom is -0.457 e. The Morgan fingerprint density at radius 1 is 0.500 bits per heavy atom. The first-order valence-corrected chi connectivity index (χ1v) is 28.0. The Labute approximate surface area is 396 Å². The third-order valence-corrected chi connectivity index (χ3v) is 12.3. The molecule has 8 nitrogen and oxygen atoms in total. The number of rotatable bonds is 49. The largest absolute Gasteiger partial charge is 0.472 e. The van der Waals surface area contributed by atoms with E-state index in [1.165, 1.54) is 135 Å². The van der Waals surface area contributed by atoms with Crippen LogP contribution in [0, 0.1) is 0 Å². The molecule has 64 heavy (non-hydrogen) atoms. The Bertz CT molecular complexity index is 1210. The Balaban J connectivity index is 4.15. The number of esters is 1. The van der Waals surface area contributed by atoms with Crippen LogP contribution in [0.15, 0.2) is 60.8 Å². The molecule has 2 atom stereocenters. The molecule has 0 aliphatic carbocycles. The SMILES string of the molecule is CC/C=C\C/C=C\C/C=C\C/C=C\C/C=C\CCCCCC(=O)OC(COCCCCCCCCCCCCCCCCCCCCCCCCC)COP(=O)(O)OCC[N+](C)(C)C. The number of unbranched alkanes of at least 4 members (excludes halogenated alkanes) is 25. The normalized spacial score (nSPS) is 14.0. The van der Waals surface area contributed by atoms with E-state index in [2.05, 4.69) is 74.6 Å². The molecule has 0 fully saturated rings. The number of allylic oxidation sites excluding steroid dienone is 10. The second-order valence-electron chi connectivity index (χ2n) is 18.9. The van der Waals surface area contributed by atoms with Gasteiger partial charge in [0.25, 0.3) is 0 Å². The van der Waals surface area contributed by atoms with Crippen molar-refractivity contribution in [1.82, 2.24) is 0 Å². The molecule has 0 spiro atoms. The maximum absolute atomic E-state index is 12.8. The lowest BCUT2D eigenvalue weighted by Crippen LogP contribution is -2.37. The molecular formula is C55H103NO7P+. The molecule has 0 aliphatic heterocycles. The highest BCUT2D eigenvalue weighted by atomic mass is 31.2. The van der Waals surface area contributed by atoms with Crippen LogP contribution in [0.2, 0.25) is 0 Å². The van der Waals surface area contributed by atoms with Crippen LogP contribution in [0.5, 0.6) is 0 Å². The molecule has 0 radical (unpaired) electrons. The number of phosphoric acid groups is 1. The van der Waals surface area contributed by atoms with Gasteiger partial charge in [0.1, 0.15) is 19.3 Å². The van der Waals surface area contributed by atoms with E-state index in [-0.39, 0.29) is 25.8 Å². The lowest BCUT2D eigenvalue weighted by atomic mass is 10.0. The summed E-state index contributed by atoms with van der Waals surface area (Å²) < 4.78 is 35.1. The highest BCUT2D eigenvalue weighted by Gasteiger charge is 2.26. The summed E-state index contributed by atoms with van der Waals surface area (Å²) in [6.45, 7) is 5.49. The van der Waals surface area contributed by atoms with Crippen molar-refractivity contribution in [2.45, 2.75) is 232 Å². The molecule has 0 saturated heterocycles. The number of phosphoric ester groups is 1. The molecule has 0 saturated carbocycles. The predicted octanol–water partition coefficient (Wildman–Crippen LogP) is 16.4. The van der Waals surface area contributed by atoms with Gasteiger partial charge >= 0.3 is 13.8 Å². The zero-order valence-corrected chi connectivity index (χ0v) is 43.4. The van der Waals surface area contributed by atoms with Crippen molar-refractivity contribution in [3.63, 3.8) is 0 Å². The molecule has 0 bridgehead atoms. The number of ether oxygens (including phenoxy) is 2. The van der Waals surface area contributed by atoms with E-state index >= 15 is 0 Å². The quantitative estimate of drug-likeness (QED) is 0.0214. The lowest BCUT2D eigenvalue weighted by Gasteiger charge is -2.24. The summed E-state index contributed by atoms with van der Waals surface area (Å²) in [6, 6.07) is 0. The Hall–Kier alpha value is -1.80.